The summed E-state index contributed by atoms with van der Waals surface area (Å²) in [5.74, 6) is -0.251. The lowest BCUT2D eigenvalue weighted by Crippen LogP contribution is -2.14. The third-order valence-electron chi connectivity index (χ3n) is 2.03. The second kappa shape index (κ2) is 5.15. The molecule has 0 saturated carbocycles. The number of benzene rings is 1. The van der Waals surface area contributed by atoms with E-state index in [4.69, 9.17) is 0 Å². The summed E-state index contributed by atoms with van der Waals surface area (Å²) >= 11 is 3.39. The molecule has 0 amide bonds. The molecule has 0 bridgehead atoms. The van der Waals surface area contributed by atoms with Gasteiger partial charge in [-0.25, -0.2) is 0 Å². The van der Waals surface area contributed by atoms with Crippen LogP contribution in [0.25, 0.3) is 0 Å². The fourth-order valence-corrected chi connectivity index (χ4v) is 1.75. The number of hydrogen-bond acceptors (Lipinski definition) is 2. The lowest BCUT2D eigenvalue weighted by Gasteiger charge is -2.08. The second-order valence-electron chi connectivity index (χ2n) is 3.26. The molecule has 76 valence electrons. The quantitative estimate of drug-likeness (QED) is 0.778. The van der Waals surface area contributed by atoms with Crippen molar-refractivity contribution in [2.24, 2.45) is 5.92 Å². The van der Waals surface area contributed by atoms with Crippen molar-refractivity contribution in [3.63, 3.8) is 0 Å². The van der Waals surface area contributed by atoms with Gasteiger partial charge in [0.2, 0.25) is 0 Å². The van der Waals surface area contributed by atoms with E-state index in [2.05, 4.69) is 20.7 Å². The first-order chi connectivity index (χ1) is 6.63. The van der Waals surface area contributed by atoms with E-state index in [1.807, 2.05) is 31.2 Å². The number of methoxy groups -OCH3 is 1. The molecule has 0 N–H and O–H groups in total. The highest BCUT2D eigenvalue weighted by atomic mass is 79.9. The van der Waals surface area contributed by atoms with Crippen LogP contribution in [0, 0.1) is 5.92 Å². The van der Waals surface area contributed by atoms with Gasteiger partial charge >= 0.3 is 5.97 Å². The number of halogens is 1. The topological polar surface area (TPSA) is 26.3 Å². The van der Waals surface area contributed by atoms with Gasteiger partial charge in [0.25, 0.3) is 0 Å². The van der Waals surface area contributed by atoms with Crippen LogP contribution in [0.15, 0.2) is 28.7 Å². The molecule has 0 unspecified atom stereocenters. The Kier molecular flexibility index (Phi) is 4.14. The molecule has 2 nitrogen and oxygen atoms in total. The monoisotopic (exact) mass is 256 g/mol. The van der Waals surface area contributed by atoms with Gasteiger partial charge in [0, 0.05) is 4.47 Å². The summed E-state index contributed by atoms with van der Waals surface area (Å²) < 4.78 is 5.70. The normalized spacial score (nSPS) is 12.2. The summed E-state index contributed by atoms with van der Waals surface area (Å²) in [4.78, 5) is 11.2. The Morgan fingerprint density at radius 3 is 2.86 bits per heavy atom. The molecule has 0 aliphatic carbocycles. The predicted molar refractivity (Wildman–Crippen MR) is 59.0 cm³/mol. The molecule has 1 aromatic rings. The summed E-state index contributed by atoms with van der Waals surface area (Å²) in [5, 5.41) is 0. The van der Waals surface area contributed by atoms with Crippen molar-refractivity contribution in [1.82, 2.24) is 0 Å². The fourth-order valence-electron chi connectivity index (χ4n) is 1.30. The molecule has 0 aliphatic heterocycles. The third kappa shape index (κ3) is 3.14. The smallest absolute Gasteiger partial charge is 0.308 e. The van der Waals surface area contributed by atoms with Crippen LogP contribution in [0.3, 0.4) is 0 Å². The third-order valence-corrected chi connectivity index (χ3v) is 2.53. The molecule has 0 aliphatic rings. The number of carbonyl (C=O) groups excluding carboxylic acids is 1. The summed E-state index contributed by atoms with van der Waals surface area (Å²) in [6.45, 7) is 1.87. The van der Waals surface area contributed by atoms with Gasteiger partial charge in [-0.3, -0.25) is 4.79 Å². The van der Waals surface area contributed by atoms with Crippen LogP contribution >= 0.6 is 15.9 Å². The van der Waals surface area contributed by atoms with E-state index < -0.39 is 0 Å². The van der Waals surface area contributed by atoms with Gasteiger partial charge in [-0.05, 0) is 24.1 Å². The molecule has 1 atom stereocenters. The lowest BCUT2D eigenvalue weighted by atomic mass is 10.0. The van der Waals surface area contributed by atoms with Crippen LogP contribution in [0.2, 0.25) is 0 Å². The minimum Gasteiger partial charge on any atom is -0.469 e. The number of carbonyl (C=O) groups is 1. The second-order valence-corrected chi connectivity index (χ2v) is 4.17. The van der Waals surface area contributed by atoms with Gasteiger partial charge < -0.3 is 4.74 Å². The summed E-state index contributed by atoms with van der Waals surface area (Å²) in [6.07, 6.45) is 0.714. The highest BCUT2D eigenvalue weighted by molar-refractivity contribution is 9.10. The zero-order valence-electron chi connectivity index (χ0n) is 8.29. The lowest BCUT2D eigenvalue weighted by molar-refractivity contribution is -0.144. The molecule has 0 aromatic heterocycles. The van der Waals surface area contributed by atoms with Gasteiger partial charge in [0.1, 0.15) is 0 Å². The van der Waals surface area contributed by atoms with Crippen molar-refractivity contribution in [2.45, 2.75) is 13.3 Å². The Labute approximate surface area is 92.4 Å². The van der Waals surface area contributed by atoms with Crippen molar-refractivity contribution in [3.05, 3.63) is 34.3 Å². The zero-order valence-corrected chi connectivity index (χ0v) is 9.87. The maximum atomic E-state index is 11.2. The molecule has 0 radical (unpaired) electrons. The number of rotatable bonds is 3. The van der Waals surface area contributed by atoms with Gasteiger partial charge in [-0.2, -0.15) is 0 Å². The van der Waals surface area contributed by atoms with E-state index >= 15 is 0 Å². The molecule has 0 spiro atoms. The molecular formula is C11H13BrO2. The van der Waals surface area contributed by atoms with Crippen molar-refractivity contribution in [3.8, 4) is 0 Å². The summed E-state index contributed by atoms with van der Waals surface area (Å²) in [6, 6.07) is 7.94. The Balaban J connectivity index is 2.64. The minimum atomic E-state index is -0.162. The van der Waals surface area contributed by atoms with Gasteiger partial charge in [0.05, 0.1) is 13.0 Å². The SMILES string of the molecule is COC(=O)[C@H](C)Cc1cccc(Br)c1. The van der Waals surface area contributed by atoms with Crippen LogP contribution < -0.4 is 0 Å². The molecule has 0 heterocycles. The number of ether oxygens (including phenoxy) is 1. The van der Waals surface area contributed by atoms with Crippen molar-refractivity contribution < 1.29 is 9.53 Å². The van der Waals surface area contributed by atoms with E-state index in [1.165, 1.54) is 7.11 Å². The van der Waals surface area contributed by atoms with Crippen LogP contribution in [0.1, 0.15) is 12.5 Å². The van der Waals surface area contributed by atoms with Gasteiger partial charge in [0.15, 0.2) is 0 Å². The molecule has 1 aromatic carbocycles. The summed E-state index contributed by atoms with van der Waals surface area (Å²) in [5.41, 5.74) is 1.14. The summed E-state index contributed by atoms with van der Waals surface area (Å²) in [7, 11) is 1.42. The highest BCUT2D eigenvalue weighted by Crippen LogP contribution is 2.15. The average Bonchev–Trinajstić information content (AvgIpc) is 2.16. The Morgan fingerprint density at radius 2 is 2.29 bits per heavy atom. The van der Waals surface area contributed by atoms with Crippen LogP contribution in [0.5, 0.6) is 0 Å². The fraction of sp³-hybridized carbons (Fsp3) is 0.364. The first-order valence-corrected chi connectivity index (χ1v) is 5.25. The maximum Gasteiger partial charge on any atom is 0.308 e. The minimum absolute atomic E-state index is 0.0886. The number of esters is 1. The van der Waals surface area contributed by atoms with Crippen molar-refractivity contribution in [2.75, 3.05) is 7.11 Å². The van der Waals surface area contributed by atoms with E-state index in [-0.39, 0.29) is 11.9 Å². The standard InChI is InChI=1S/C11H13BrO2/c1-8(11(13)14-2)6-9-4-3-5-10(12)7-9/h3-5,7-8H,6H2,1-2H3/t8-/m1/s1. The van der Waals surface area contributed by atoms with E-state index in [1.54, 1.807) is 0 Å². The van der Waals surface area contributed by atoms with Crippen LogP contribution in [-0.2, 0) is 16.0 Å². The van der Waals surface area contributed by atoms with Crippen LogP contribution in [-0.4, -0.2) is 13.1 Å². The molecule has 14 heavy (non-hydrogen) atoms. The van der Waals surface area contributed by atoms with Gasteiger partial charge in [-0.1, -0.05) is 35.0 Å². The van der Waals surface area contributed by atoms with E-state index in [0.29, 0.717) is 6.42 Å². The Bertz CT molecular complexity index is 323. The maximum absolute atomic E-state index is 11.2. The molecule has 1 rings (SSSR count). The molecular weight excluding hydrogens is 244 g/mol. The molecule has 0 saturated heterocycles. The van der Waals surface area contributed by atoms with Crippen molar-refractivity contribution >= 4 is 21.9 Å². The van der Waals surface area contributed by atoms with Crippen LogP contribution in [0.4, 0.5) is 0 Å². The zero-order chi connectivity index (χ0) is 10.6. The Morgan fingerprint density at radius 1 is 1.57 bits per heavy atom. The van der Waals surface area contributed by atoms with E-state index in [9.17, 15) is 4.79 Å². The van der Waals surface area contributed by atoms with E-state index in [0.717, 1.165) is 10.0 Å². The first kappa shape index (κ1) is 11.2. The molecule has 0 fully saturated rings. The average molecular weight is 257 g/mol. The predicted octanol–water partition coefficient (Wildman–Crippen LogP) is 2.80. The largest absolute Gasteiger partial charge is 0.469 e. The van der Waals surface area contributed by atoms with Gasteiger partial charge in [-0.15, -0.1) is 0 Å². The highest BCUT2D eigenvalue weighted by Gasteiger charge is 2.13. The first-order valence-electron chi connectivity index (χ1n) is 4.45. The number of hydrogen-bond donors (Lipinski definition) is 0. The molecule has 3 heteroatoms. The van der Waals surface area contributed by atoms with Crippen molar-refractivity contribution in [1.29, 1.82) is 0 Å². The Hall–Kier alpha value is -0.830.